The lowest BCUT2D eigenvalue weighted by atomic mass is 9.85. The lowest BCUT2D eigenvalue weighted by molar-refractivity contribution is 0.252. The molecule has 1 unspecified atom stereocenters. The third-order valence-corrected chi connectivity index (χ3v) is 8.41. The van der Waals surface area contributed by atoms with E-state index in [-0.39, 0.29) is 5.02 Å². The highest BCUT2D eigenvalue weighted by Gasteiger charge is 2.28. The Hall–Kier alpha value is -1.80. The smallest absolute Gasteiger partial charge is 0.142 e. The minimum absolute atomic E-state index is 0.102. The van der Waals surface area contributed by atoms with E-state index in [9.17, 15) is 4.39 Å². The molecule has 0 amide bonds. The van der Waals surface area contributed by atoms with Gasteiger partial charge in [0.1, 0.15) is 22.8 Å². The van der Waals surface area contributed by atoms with Gasteiger partial charge in [0.2, 0.25) is 0 Å². The van der Waals surface area contributed by atoms with Gasteiger partial charge in [-0.1, -0.05) is 11.6 Å². The Bertz CT molecular complexity index is 1120. The molecule has 0 spiro atoms. The first-order chi connectivity index (χ1) is 15.5. The molecule has 1 N–H and O–H groups in total. The van der Waals surface area contributed by atoms with E-state index >= 15 is 0 Å². The van der Waals surface area contributed by atoms with Gasteiger partial charge in [-0.25, -0.2) is 14.4 Å². The minimum atomic E-state index is -0.421. The molecule has 1 aliphatic heterocycles. The van der Waals surface area contributed by atoms with Crippen LogP contribution in [-0.2, 0) is 12.8 Å². The van der Waals surface area contributed by atoms with Crippen LogP contribution in [0.3, 0.4) is 0 Å². The Morgan fingerprint density at radius 1 is 1.28 bits per heavy atom. The second kappa shape index (κ2) is 9.21. The number of nitrogens with one attached hydrogen (secondary N) is 1. The summed E-state index contributed by atoms with van der Waals surface area (Å²) in [6.07, 6.45) is 7.55. The van der Waals surface area contributed by atoms with Gasteiger partial charge in [0, 0.05) is 23.2 Å². The number of hydrogen-bond donors (Lipinski definition) is 1. The number of halogens is 2. The van der Waals surface area contributed by atoms with Crippen LogP contribution in [0, 0.1) is 11.7 Å². The molecular formula is C24H29ClFN5S. The molecule has 1 saturated heterocycles. The lowest BCUT2D eigenvalue weighted by Gasteiger charge is -2.25. The molecule has 0 bridgehead atoms. The van der Waals surface area contributed by atoms with Crippen molar-refractivity contribution in [1.29, 1.82) is 0 Å². The number of aryl methyl sites for hydroxylation is 1. The third kappa shape index (κ3) is 4.49. The van der Waals surface area contributed by atoms with Gasteiger partial charge < -0.3 is 15.1 Å². The molecule has 1 aromatic carbocycles. The van der Waals surface area contributed by atoms with E-state index in [1.807, 2.05) is 0 Å². The standard InChI is InChI=1S/C24H29ClFN5S/c1-30(2)17-8-10-31(13-17)9-7-15-3-5-18-21(11-15)32-24-22(18)23(27-14-28-24)29-16-4-6-20(26)19(25)12-16/h4,6,12,14-15,17H,3,5,7-11,13H2,1-2H3,(H,27,28,29)/t15?,17-/m1/s1. The van der Waals surface area contributed by atoms with Crippen molar-refractivity contribution in [2.75, 3.05) is 39.0 Å². The molecule has 170 valence electrons. The molecule has 8 heteroatoms. The molecule has 2 aromatic heterocycles. The number of anilines is 2. The van der Waals surface area contributed by atoms with Crippen LogP contribution < -0.4 is 5.32 Å². The maximum Gasteiger partial charge on any atom is 0.142 e. The summed E-state index contributed by atoms with van der Waals surface area (Å²) in [5, 5.41) is 4.54. The fourth-order valence-corrected chi connectivity index (χ4v) is 6.51. The van der Waals surface area contributed by atoms with Crippen molar-refractivity contribution in [2.24, 2.45) is 5.92 Å². The van der Waals surface area contributed by atoms with E-state index in [1.54, 1.807) is 29.8 Å². The van der Waals surface area contributed by atoms with Crippen molar-refractivity contribution in [3.8, 4) is 0 Å². The Kier molecular flexibility index (Phi) is 6.34. The first-order valence-corrected chi connectivity index (χ1v) is 12.5. The SMILES string of the molecule is CN(C)[C@@H]1CCN(CCC2CCc3c(sc4ncnc(Nc5ccc(F)c(Cl)c5)c34)C2)C1. The monoisotopic (exact) mass is 473 g/mol. The van der Waals surface area contributed by atoms with Crippen molar-refractivity contribution >= 4 is 44.7 Å². The van der Waals surface area contributed by atoms with E-state index in [1.165, 1.54) is 55.4 Å². The largest absolute Gasteiger partial charge is 0.340 e. The Morgan fingerprint density at radius 3 is 2.94 bits per heavy atom. The number of thiophene rings is 1. The first-order valence-electron chi connectivity index (χ1n) is 11.3. The van der Waals surface area contributed by atoms with Crippen molar-refractivity contribution in [3.63, 3.8) is 0 Å². The summed E-state index contributed by atoms with van der Waals surface area (Å²) in [7, 11) is 4.38. The molecule has 3 heterocycles. The molecule has 1 aliphatic carbocycles. The number of fused-ring (bicyclic) bond motifs is 3. The zero-order valence-corrected chi connectivity index (χ0v) is 20.1. The fourth-order valence-electron chi connectivity index (χ4n) is 5.03. The van der Waals surface area contributed by atoms with E-state index in [2.05, 4.69) is 39.2 Å². The first kappa shape index (κ1) is 22.0. The summed E-state index contributed by atoms with van der Waals surface area (Å²) in [4.78, 5) is 16.5. The quantitative estimate of drug-likeness (QED) is 0.522. The summed E-state index contributed by atoms with van der Waals surface area (Å²) in [6.45, 7) is 3.63. The molecular weight excluding hydrogens is 445 g/mol. The summed E-state index contributed by atoms with van der Waals surface area (Å²) in [6, 6.07) is 5.36. The molecule has 1 fully saturated rings. The van der Waals surface area contributed by atoms with Gasteiger partial charge in [0.25, 0.3) is 0 Å². The van der Waals surface area contributed by atoms with Gasteiger partial charge >= 0.3 is 0 Å². The average Bonchev–Trinajstić information content (AvgIpc) is 3.39. The number of rotatable bonds is 6. The normalized spacial score (nSPS) is 21.4. The van der Waals surface area contributed by atoms with E-state index < -0.39 is 5.82 Å². The molecule has 2 aliphatic rings. The number of aromatic nitrogens is 2. The molecule has 0 radical (unpaired) electrons. The molecule has 0 saturated carbocycles. The molecule has 2 atom stereocenters. The van der Waals surface area contributed by atoms with Crippen molar-refractivity contribution < 1.29 is 4.39 Å². The van der Waals surface area contributed by atoms with Gasteiger partial charge in [0.05, 0.1) is 10.4 Å². The van der Waals surface area contributed by atoms with E-state index in [0.29, 0.717) is 6.04 Å². The lowest BCUT2D eigenvalue weighted by Crippen LogP contribution is -2.32. The van der Waals surface area contributed by atoms with Gasteiger partial charge in [-0.05, 0) is 89.0 Å². The van der Waals surface area contributed by atoms with Crippen LogP contribution in [0.4, 0.5) is 15.9 Å². The molecule has 5 nitrogen and oxygen atoms in total. The van der Waals surface area contributed by atoms with Crippen LogP contribution >= 0.6 is 22.9 Å². The Labute approximate surface area is 197 Å². The second-order valence-electron chi connectivity index (χ2n) is 9.26. The maximum atomic E-state index is 13.5. The summed E-state index contributed by atoms with van der Waals surface area (Å²) in [5.74, 6) is 1.09. The number of benzene rings is 1. The van der Waals surface area contributed by atoms with Crippen LogP contribution in [0.2, 0.25) is 5.02 Å². The van der Waals surface area contributed by atoms with E-state index in [4.69, 9.17) is 11.6 Å². The predicted molar refractivity (Wildman–Crippen MR) is 131 cm³/mol. The van der Waals surface area contributed by atoms with Crippen molar-refractivity contribution in [1.82, 2.24) is 19.8 Å². The highest BCUT2D eigenvalue weighted by atomic mass is 35.5. The van der Waals surface area contributed by atoms with Gasteiger partial charge in [-0.2, -0.15) is 0 Å². The maximum absolute atomic E-state index is 13.5. The number of likely N-dealkylation sites (N-methyl/N-ethyl adjacent to an activating group) is 1. The zero-order valence-electron chi connectivity index (χ0n) is 18.6. The zero-order chi connectivity index (χ0) is 22.2. The molecule has 5 rings (SSSR count). The number of likely N-dealkylation sites (tertiary alicyclic amines) is 1. The fraction of sp³-hybridized carbons (Fsp3) is 0.500. The molecule has 32 heavy (non-hydrogen) atoms. The van der Waals surface area contributed by atoms with Crippen molar-refractivity contribution in [2.45, 2.75) is 38.1 Å². The van der Waals surface area contributed by atoms with Crippen LogP contribution in [0.15, 0.2) is 24.5 Å². The van der Waals surface area contributed by atoms with Crippen LogP contribution in [0.25, 0.3) is 10.2 Å². The second-order valence-corrected chi connectivity index (χ2v) is 10.8. The highest BCUT2D eigenvalue weighted by molar-refractivity contribution is 7.19. The van der Waals surface area contributed by atoms with Gasteiger partial charge in [0.15, 0.2) is 0 Å². The van der Waals surface area contributed by atoms with Crippen molar-refractivity contribution in [3.05, 3.63) is 45.8 Å². The van der Waals surface area contributed by atoms with Gasteiger partial charge in [-0.15, -0.1) is 11.3 Å². The minimum Gasteiger partial charge on any atom is -0.340 e. The Morgan fingerprint density at radius 2 is 2.16 bits per heavy atom. The Balaban J connectivity index is 1.29. The topological polar surface area (TPSA) is 44.3 Å². The molecule has 3 aromatic rings. The highest BCUT2D eigenvalue weighted by Crippen LogP contribution is 2.41. The van der Waals surface area contributed by atoms with Crippen LogP contribution in [0.1, 0.15) is 29.7 Å². The van der Waals surface area contributed by atoms with Gasteiger partial charge in [-0.3, -0.25) is 0 Å². The number of nitrogens with zero attached hydrogens (tertiary/aromatic N) is 4. The number of hydrogen-bond acceptors (Lipinski definition) is 6. The summed E-state index contributed by atoms with van der Waals surface area (Å²) >= 11 is 7.76. The van der Waals surface area contributed by atoms with Crippen LogP contribution in [-0.4, -0.2) is 59.5 Å². The third-order valence-electron chi connectivity index (χ3n) is 6.96. The van der Waals surface area contributed by atoms with Crippen LogP contribution in [0.5, 0.6) is 0 Å². The average molecular weight is 474 g/mol. The summed E-state index contributed by atoms with van der Waals surface area (Å²) < 4.78 is 13.5. The summed E-state index contributed by atoms with van der Waals surface area (Å²) in [5.41, 5.74) is 2.11. The predicted octanol–water partition coefficient (Wildman–Crippen LogP) is 5.36. The van der Waals surface area contributed by atoms with E-state index in [0.717, 1.165) is 40.5 Å².